The van der Waals surface area contributed by atoms with Crippen molar-refractivity contribution in [3.05, 3.63) is 28.3 Å². The average Bonchev–Trinajstić information content (AvgIpc) is 2.19. The smallest absolute Gasteiger partial charge is 0.387 e. The van der Waals surface area contributed by atoms with Crippen LogP contribution >= 0.6 is 11.6 Å². The first-order chi connectivity index (χ1) is 7.84. The molecule has 7 heteroatoms. The fourth-order valence-electron chi connectivity index (χ4n) is 1.22. The second-order valence-electron chi connectivity index (χ2n) is 3.08. The first-order valence-corrected chi connectivity index (χ1v) is 4.78. The van der Waals surface area contributed by atoms with Gasteiger partial charge in [-0.1, -0.05) is 17.7 Å². The Morgan fingerprint density at radius 3 is 2.29 bits per heavy atom. The van der Waals surface area contributed by atoms with Crippen molar-refractivity contribution in [3.63, 3.8) is 0 Å². The van der Waals surface area contributed by atoms with Gasteiger partial charge in [0, 0.05) is 5.56 Å². The lowest BCUT2D eigenvalue weighted by Gasteiger charge is -2.13. The van der Waals surface area contributed by atoms with Gasteiger partial charge in [-0.3, -0.25) is 4.79 Å². The number of ether oxygens (including phenoxy) is 1. The first kappa shape index (κ1) is 13.8. The summed E-state index contributed by atoms with van der Waals surface area (Å²) < 4.78 is 53.1. The molecule has 1 aromatic carbocycles. The molecule has 0 fully saturated rings. The van der Waals surface area contributed by atoms with Gasteiger partial charge >= 0.3 is 6.61 Å². The van der Waals surface area contributed by atoms with E-state index in [1.165, 1.54) is 0 Å². The van der Waals surface area contributed by atoms with Crippen LogP contribution in [0, 0.1) is 0 Å². The van der Waals surface area contributed by atoms with Crippen LogP contribution in [0.3, 0.4) is 0 Å². The minimum Gasteiger partial charge on any atom is -0.432 e. The van der Waals surface area contributed by atoms with Crippen LogP contribution in [0.15, 0.2) is 12.1 Å². The number of hydrogen-bond acceptors (Lipinski definition) is 2. The molecule has 0 saturated carbocycles. The van der Waals surface area contributed by atoms with Crippen LogP contribution in [0.5, 0.6) is 5.75 Å². The summed E-state index contributed by atoms with van der Waals surface area (Å²) in [5.74, 6) is -1.32. The van der Waals surface area contributed by atoms with Crippen LogP contribution in [0.1, 0.15) is 29.3 Å². The number of hydrogen-bond donors (Lipinski definition) is 0. The van der Waals surface area contributed by atoms with Gasteiger partial charge in [0.25, 0.3) is 6.43 Å². The number of halogens is 5. The Morgan fingerprint density at radius 2 is 1.88 bits per heavy atom. The van der Waals surface area contributed by atoms with E-state index >= 15 is 0 Å². The molecule has 0 unspecified atom stereocenters. The van der Waals surface area contributed by atoms with Crippen LogP contribution in [0.4, 0.5) is 17.6 Å². The summed E-state index contributed by atoms with van der Waals surface area (Å²) in [6, 6.07) is 1.88. The molecule has 17 heavy (non-hydrogen) atoms. The van der Waals surface area contributed by atoms with Gasteiger partial charge in [-0.25, -0.2) is 8.78 Å². The Labute approximate surface area is 99.1 Å². The number of benzene rings is 1. The zero-order valence-electron chi connectivity index (χ0n) is 8.52. The first-order valence-electron chi connectivity index (χ1n) is 4.41. The van der Waals surface area contributed by atoms with E-state index in [0.29, 0.717) is 0 Å². The minimum atomic E-state index is -3.25. The maximum Gasteiger partial charge on any atom is 0.387 e. The molecule has 0 aromatic heterocycles. The van der Waals surface area contributed by atoms with Crippen molar-refractivity contribution in [2.45, 2.75) is 20.0 Å². The van der Waals surface area contributed by atoms with Crippen LogP contribution in [-0.2, 0) is 0 Å². The summed E-state index contributed by atoms with van der Waals surface area (Å²) in [5.41, 5.74) is -0.924. The van der Waals surface area contributed by atoms with Crippen LogP contribution in [0.25, 0.3) is 0 Å². The third-order valence-electron chi connectivity index (χ3n) is 1.95. The largest absolute Gasteiger partial charge is 0.432 e. The Hall–Kier alpha value is -1.30. The molecular weight excluding hydrogens is 264 g/mol. The van der Waals surface area contributed by atoms with Gasteiger partial charge in [0.2, 0.25) is 0 Å². The highest BCUT2D eigenvalue weighted by Gasteiger charge is 2.22. The van der Waals surface area contributed by atoms with Crippen molar-refractivity contribution >= 4 is 17.4 Å². The number of carbonyl (C=O) groups is 1. The summed E-state index contributed by atoms with van der Waals surface area (Å²) >= 11 is 5.51. The van der Waals surface area contributed by atoms with Crippen LogP contribution in [0.2, 0.25) is 5.02 Å². The van der Waals surface area contributed by atoms with E-state index in [4.69, 9.17) is 11.6 Å². The average molecular weight is 271 g/mol. The summed E-state index contributed by atoms with van der Waals surface area (Å²) in [6.45, 7) is -2.16. The summed E-state index contributed by atoms with van der Waals surface area (Å²) in [5, 5.41) is -0.673. The van der Waals surface area contributed by atoms with E-state index in [1.807, 2.05) is 0 Å². The highest BCUT2D eigenvalue weighted by molar-refractivity contribution is 6.33. The molecule has 0 aliphatic heterocycles. The number of carbonyl (C=O) groups excluding carboxylic acids is 1. The van der Waals surface area contributed by atoms with Crippen LogP contribution < -0.4 is 4.74 Å². The SMILES string of the molecule is CC(=O)c1ccc(C(F)F)c(Cl)c1OC(F)F. The van der Waals surface area contributed by atoms with Crippen LogP contribution in [-0.4, -0.2) is 12.4 Å². The normalized spacial score (nSPS) is 11.1. The molecule has 2 nitrogen and oxygen atoms in total. The predicted molar refractivity (Wildman–Crippen MR) is 53.0 cm³/mol. The van der Waals surface area contributed by atoms with Crippen molar-refractivity contribution in [3.8, 4) is 5.75 Å². The van der Waals surface area contributed by atoms with Crippen molar-refractivity contribution in [2.75, 3.05) is 0 Å². The fraction of sp³-hybridized carbons (Fsp3) is 0.300. The quantitative estimate of drug-likeness (QED) is 0.609. The molecule has 0 N–H and O–H groups in total. The maximum absolute atomic E-state index is 12.5. The van der Waals surface area contributed by atoms with Crippen molar-refractivity contribution in [1.82, 2.24) is 0 Å². The molecule has 0 saturated heterocycles. The molecule has 94 valence electrons. The molecule has 0 radical (unpaired) electrons. The lowest BCUT2D eigenvalue weighted by molar-refractivity contribution is -0.0502. The van der Waals surface area contributed by atoms with E-state index in [0.717, 1.165) is 19.1 Å². The second-order valence-corrected chi connectivity index (χ2v) is 3.46. The molecule has 1 rings (SSSR count). The lowest BCUT2D eigenvalue weighted by atomic mass is 10.1. The Morgan fingerprint density at radius 1 is 1.29 bits per heavy atom. The standard InChI is InChI=1S/C10H7ClF4O2/c1-4(16)5-2-3-6(9(12)13)7(11)8(5)17-10(14)15/h2-3,9-10H,1H3. The van der Waals surface area contributed by atoms with Crippen molar-refractivity contribution in [2.24, 2.45) is 0 Å². The van der Waals surface area contributed by atoms with Gasteiger partial charge in [0.15, 0.2) is 11.5 Å². The molecule has 0 spiro atoms. The minimum absolute atomic E-state index is 0.264. The molecule has 0 aliphatic rings. The van der Waals surface area contributed by atoms with Gasteiger partial charge in [-0.2, -0.15) is 8.78 Å². The maximum atomic E-state index is 12.5. The predicted octanol–water partition coefficient (Wildman–Crippen LogP) is 4.08. The lowest BCUT2D eigenvalue weighted by Crippen LogP contribution is -2.08. The Kier molecular flexibility index (Phi) is 4.34. The molecule has 1 aromatic rings. The van der Waals surface area contributed by atoms with E-state index in [9.17, 15) is 22.4 Å². The van der Waals surface area contributed by atoms with Gasteiger partial charge in [0.05, 0.1) is 10.6 Å². The molecular formula is C10H7ClF4O2. The van der Waals surface area contributed by atoms with Gasteiger partial charge in [-0.15, -0.1) is 0 Å². The second kappa shape index (κ2) is 5.35. The zero-order chi connectivity index (χ0) is 13.2. The number of Topliss-reactive ketones (excluding diaryl/α,β-unsaturated/α-hetero) is 1. The van der Waals surface area contributed by atoms with Gasteiger partial charge in [-0.05, 0) is 13.0 Å². The third-order valence-corrected chi connectivity index (χ3v) is 2.34. The van der Waals surface area contributed by atoms with Gasteiger partial charge in [0.1, 0.15) is 0 Å². The van der Waals surface area contributed by atoms with E-state index in [2.05, 4.69) is 4.74 Å². The summed E-state index contributed by atoms with van der Waals surface area (Å²) in [6.07, 6.45) is -2.94. The highest BCUT2D eigenvalue weighted by Crippen LogP contribution is 2.38. The molecule has 0 atom stereocenters. The van der Waals surface area contributed by atoms with Crippen molar-refractivity contribution in [1.29, 1.82) is 0 Å². The van der Waals surface area contributed by atoms with Crippen molar-refractivity contribution < 1.29 is 27.1 Å². The van der Waals surface area contributed by atoms with Gasteiger partial charge < -0.3 is 4.74 Å². The highest BCUT2D eigenvalue weighted by atomic mass is 35.5. The molecule has 0 aliphatic carbocycles. The number of rotatable bonds is 4. The van der Waals surface area contributed by atoms with E-state index in [1.54, 1.807) is 0 Å². The number of alkyl halides is 4. The number of ketones is 1. The monoisotopic (exact) mass is 270 g/mol. The fourth-order valence-corrected chi connectivity index (χ4v) is 1.51. The Balaban J connectivity index is 3.36. The molecule has 0 bridgehead atoms. The molecule has 0 amide bonds. The summed E-state index contributed by atoms with van der Waals surface area (Å²) in [7, 11) is 0. The molecule has 0 heterocycles. The Bertz CT molecular complexity index is 435. The summed E-state index contributed by atoms with van der Waals surface area (Å²) in [4.78, 5) is 11.1. The topological polar surface area (TPSA) is 26.3 Å². The van der Waals surface area contributed by atoms with E-state index < -0.39 is 35.2 Å². The van der Waals surface area contributed by atoms with E-state index in [-0.39, 0.29) is 5.56 Å². The third kappa shape index (κ3) is 3.09. The zero-order valence-corrected chi connectivity index (χ0v) is 9.27.